The molecule has 1 aliphatic rings. The van der Waals surface area contributed by atoms with E-state index in [9.17, 15) is 4.79 Å². The summed E-state index contributed by atoms with van der Waals surface area (Å²) in [4.78, 5) is 14.5. The molecule has 3 nitrogen and oxygen atoms in total. The van der Waals surface area contributed by atoms with Gasteiger partial charge in [0.2, 0.25) is 5.91 Å². The lowest BCUT2D eigenvalue weighted by Gasteiger charge is -2.32. The Bertz CT molecular complexity index is 438. The number of hydrogen-bond acceptors (Lipinski definition) is 2. The maximum absolute atomic E-state index is 12.5. The molecule has 1 saturated heterocycles. The molecule has 1 fully saturated rings. The summed E-state index contributed by atoms with van der Waals surface area (Å²) >= 11 is 5.87. The first-order valence-corrected chi connectivity index (χ1v) is 7.72. The van der Waals surface area contributed by atoms with E-state index in [1.165, 1.54) is 0 Å². The van der Waals surface area contributed by atoms with Crippen molar-refractivity contribution in [2.75, 3.05) is 13.1 Å². The molecule has 0 aliphatic carbocycles. The molecule has 1 amide bonds. The number of nitrogens with zero attached hydrogens (tertiary/aromatic N) is 1. The Kier molecular flexibility index (Phi) is 5.44. The Morgan fingerprint density at radius 3 is 2.65 bits per heavy atom. The smallest absolute Gasteiger partial charge is 0.223 e. The average molecular weight is 295 g/mol. The van der Waals surface area contributed by atoms with E-state index in [1.807, 2.05) is 24.3 Å². The predicted molar refractivity (Wildman–Crippen MR) is 83.0 cm³/mol. The Balaban J connectivity index is 1.92. The molecule has 20 heavy (non-hydrogen) atoms. The van der Waals surface area contributed by atoms with Crippen LogP contribution in [0.25, 0.3) is 0 Å². The van der Waals surface area contributed by atoms with Gasteiger partial charge in [0.25, 0.3) is 0 Å². The van der Waals surface area contributed by atoms with Crippen LogP contribution in [0.1, 0.15) is 32.3 Å². The molecule has 1 aromatic rings. The van der Waals surface area contributed by atoms with Gasteiger partial charge < -0.3 is 10.2 Å². The fourth-order valence-electron chi connectivity index (χ4n) is 2.82. The zero-order chi connectivity index (χ0) is 14.5. The van der Waals surface area contributed by atoms with Crippen LogP contribution >= 0.6 is 11.6 Å². The fourth-order valence-corrected chi connectivity index (χ4v) is 2.95. The summed E-state index contributed by atoms with van der Waals surface area (Å²) in [7, 11) is 0. The van der Waals surface area contributed by atoms with Crippen molar-refractivity contribution in [3.63, 3.8) is 0 Å². The van der Waals surface area contributed by atoms with Crippen LogP contribution in [0.15, 0.2) is 24.3 Å². The lowest BCUT2D eigenvalue weighted by Crippen LogP contribution is -2.46. The average Bonchev–Trinajstić information content (AvgIpc) is 2.91. The summed E-state index contributed by atoms with van der Waals surface area (Å²) in [5.41, 5.74) is 1.16. The maximum Gasteiger partial charge on any atom is 0.223 e. The number of benzene rings is 1. The Morgan fingerprint density at radius 2 is 2.10 bits per heavy atom. The normalized spacial score (nSPS) is 18.5. The van der Waals surface area contributed by atoms with Gasteiger partial charge in [-0.2, -0.15) is 0 Å². The van der Waals surface area contributed by atoms with Crippen molar-refractivity contribution in [1.82, 2.24) is 10.2 Å². The molecule has 1 heterocycles. The molecule has 0 spiro atoms. The van der Waals surface area contributed by atoms with Crippen molar-refractivity contribution in [2.24, 2.45) is 0 Å². The van der Waals surface area contributed by atoms with Gasteiger partial charge in [0.05, 0.1) is 0 Å². The quantitative estimate of drug-likeness (QED) is 0.906. The highest BCUT2D eigenvalue weighted by atomic mass is 35.5. The molecule has 1 aromatic carbocycles. The van der Waals surface area contributed by atoms with E-state index in [0.717, 1.165) is 36.5 Å². The van der Waals surface area contributed by atoms with Crippen LogP contribution in [0.4, 0.5) is 0 Å². The van der Waals surface area contributed by atoms with Crippen LogP contribution in [-0.2, 0) is 11.2 Å². The van der Waals surface area contributed by atoms with Gasteiger partial charge in [-0.25, -0.2) is 0 Å². The van der Waals surface area contributed by atoms with Crippen LogP contribution in [0.5, 0.6) is 0 Å². The minimum absolute atomic E-state index is 0.253. The third-order valence-electron chi connectivity index (χ3n) is 3.81. The summed E-state index contributed by atoms with van der Waals surface area (Å²) in [5.74, 6) is 0.253. The van der Waals surface area contributed by atoms with E-state index >= 15 is 0 Å². The molecular weight excluding hydrogens is 272 g/mol. The largest absolute Gasteiger partial charge is 0.336 e. The fraction of sp³-hybridized carbons (Fsp3) is 0.562. The summed E-state index contributed by atoms with van der Waals surface area (Å²) in [6, 6.07) is 8.36. The minimum Gasteiger partial charge on any atom is -0.336 e. The molecule has 1 unspecified atom stereocenters. The molecule has 1 atom stereocenters. The van der Waals surface area contributed by atoms with Crippen LogP contribution in [-0.4, -0.2) is 36.0 Å². The maximum atomic E-state index is 12.5. The molecule has 0 saturated carbocycles. The first-order valence-electron chi connectivity index (χ1n) is 7.34. The molecule has 0 radical (unpaired) electrons. The highest BCUT2D eigenvalue weighted by Gasteiger charge is 2.27. The SMILES string of the molecule is CC(C)N(C(=O)CCc1ccc(Cl)cc1)C1CCNC1. The lowest BCUT2D eigenvalue weighted by atomic mass is 10.1. The number of carbonyl (C=O) groups excluding carboxylic acids is 1. The van der Waals surface area contributed by atoms with Gasteiger partial charge in [-0.1, -0.05) is 23.7 Å². The Hall–Kier alpha value is -1.06. The molecule has 4 heteroatoms. The lowest BCUT2D eigenvalue weighted by molar-refractivity contribution is -0.135. The standard InChI is InChI=1S/C16H23ClN2O/c1-12(2)19(15-9-10-18-11-15)16(20)8-5-13-3-6-14(17)7-4-13/h3-4,6-7,12,15,18H,5,8-11H2,1-2H3. The number of amides is 1. The van der Waals surface area contributed by atoms with E-state index in [-0.39, 0.29) is 11.9 Å². The second-order valence-electron chi connectivity index (χ2n) is 5.67. The van der Waals surface area contributed by atoms with E-state index in [2.05, 4.69) is 24.1 Å². The van der Waals surface area contributed by atoms with Gasteiger partial charge in [0.15, 0.2) is 0 Å². The van der Waals surface area contributed by atoms with Crippen LogP contribution < -0.4 is 5.32 Å². The van der Waals surface area contributed by atoms with Crippen molar-refractivity contribution >= 4 is 17.5 Å². The highest BCUT2D eigenvalue weighted by molar-refractivity contribution is 6.30. The number of halogens is 1. The van der Waals surface area contributed by atoms with Crippen LogP contribution in [0.2, 0.25) is 5.02 Å². The number of rotatable bonds is 5. The van der Waals surface area contributed by atoms with Crippen molar-refractivity contribution in [1.29, 1.82) is 0 Å². The first kappa shape index (κ1) is 15.3. The zero-order valence-electron chi connectivity index (χ0n) is 12.2. The van der Waals surface area contributed by atoms with Crippen molar-refractivity contribution in [3.8, 4) is 0 Å². The second-order valence-corrected chi connectivity index (χ2v) is 6.10. The van der Waals surface area contributed by atoms with Crippen molar-refractivity contribution in [3.05, 3.63) is 34.9 Å². The topological polar surface area (TPSA) is 32.3 Å². The summed E-state index contributed by atoms with van der Waals surface area (Å²) in [6.45, 7) is 6.13. The van der Waals surface area contributed by atoms with Crippen LogP contribution in [0, 0.1) is 0 Å². The van der Waals surface area contributed by atoms with Crippen molar-refractivity contribution < 1.29 is 4.79 Å². The molecule has 110 valence electrons. The summed E-state index contributed by atoms with van der Waals surface area (Å²) in [6.07, 6.45) is 2.40. The van der Waals surface area contributed by atoms with E-state index < -0.39 is 0 Å². The van der Waals surface area contributed by atoms with Gasteiger partial charge in [0.1, 0.15) is 0 Å². The van der Waals surface area contributed by atoms with E-state index in [4.69, 9.17) is 11.6 Å². The number of nitrogens with one attached hydrogen (secondary N) is 1. The molecule has 0 bridgehead atoms. The van der Waals surface area contributed by atoms with Gasteiger partial charge >= 0.3 is 0 Å². The molecule has 0 aromatic heterocycles. The minimum atomic E-state index is 0.253. The number of hydrogen-bond donors (Lipinski definition) is 1. The second kappa shape index (κ2) is 7.09. The number of aryl methyl sites for hydroxylation is 1. The molecular formula is C16H23ClN2O. The van der Waals surface area contributed by atoms with Gasteiger partial charge in [-0.15, -0.1) is 0 Å². The van der Waals surface area contributed by atoms with Gasteiger partial charge in [0, 0.05) is 30.1 Å². The Labute approximate surface area is 126 Å². The monoisotopic (exact) mass is 294 g/mol. The summed E-state index contributed by atoms with van der Waals surface area (Å²) < 4.78 is 0. The molecule has 1 aliphatic heterocycles. The van der Waals surface area contributed by atoms with Gasteiger partial charge in [-0.05, 0) is 50.9 Å². The predicted octanol–water partition coefficient (Wildman–Crippen LogP) is 2.87. The Morgan fingerprint density at radius 1 is 1.40 bits per heavy atom. The summed E-state index contributed by atoms with van der Waals surface area (Å²) in [5, 5.41) is 4.07. The highest BCUT2D eigenvalue weighted by Crippen LogP contribution is 2.16. The molecule has 2 rings (SSSR count). The van der Waals surface area contributed by atoms with Gasteiger partial charge in [-0.3, -0.25) is 4.79 Å². The third-order valence-corrected chi connectivity index (χ3v) is 4.06. The van der Waals surface area contributed by atoms with Crippen LogP contribution in [0.3, 0.4) is 0 Å². The van der Waals surface area contributed by atoms with Crippen molar-refractivity contribution in [2.45, 2.75) is 45.2 Å². The number of carbonyl (C=O) groups is 1. The third kappa shape index (κ3) is 3.97. The molecule has 1 N–H and O–H groups in total. The zero-order valence-corrected chi connectivity index (χ0v) is 13.0. The van der Waals surface area contributed by atoms with E-state index in [1.54, 1.807) is 0 Å². The first-order chi connectivity index (χ1) is 9.58. The van der Waals surface area contributed by atoms with E-state index in [0.29, 0.717) is 12.5 Å².